The number of carbonyl (C=O) groups is 1. The van der Waals surface area contributed by atoms with Crippen molar-refractivity contribution in [1.29, 1.82) is 0 Å². The molecule has 9 heteroatoms. The third kappa shape index (κ3) is 5.12. The second-order valence-electron chi connectivity index (χ2n) is 6.77. The van der Waals surface area contributed by atoms with Crippen LogP contribution in [-0.2, 0) is 11.3 Å². The number of nitrogens with one attached hydrogen (secondary N) is 1. The van der Waals surface area contributed by atoms with Gasteiger partial charge in [-0.3, -0.25) is 9.36 Å². The summed E-state index contributed by atoms with van der Waals surface area (Å²) in [5.74, 6) is 2.91. The predicted octanol–water partition coefficient (Wildman–Crippen LogP) is 4.33. The molecule has 164 valence electrons. The summed E-state index contributed by atoms with van der Waals surface area (Å²) in [5, 5.41) is 12.2. The number of furan rings is 1. The number of anilines is 1. The van der Waals surface area contributed by atoms with Gasteiger partial charge in [-0.05, 0) is 48.5 Å². The van der Waals surface area contributed by atoms with Crippen LogP contribution in [0.15, 0.2) is 76.5 Å². The zero-order chi connectivity index (χ0) is 22.3. The number of aromatic nitrogens is 3. The quantitative estimate of drug-likeness (QED) is 0.379. The number of ether oxygens (including phenoxy) is 2. The molecule has 0 aliphatic heterocycles. The minimum absolute atomic E-state index is 0.151. The van der Waals surface area contributed by atoms with Gasteiger partial charge in [-0.25, -0.2) is 0 Å². The first-order valence-electron chi connectivity index (χ1n) is 9.83. The number of thioether (sulfide) groups is 1. The molecular formula is C23H22N4O4S. The van der Waals surface area contributed by atoms with Crippen molar-refractivity contribution in [2.45, 2.75) is 11.7 Å². The van der Waals surface area contributed by atoms with Crippen molar-refractivity contribution in [3.8, 4) is 22.9 Å². The molecule has 0 unspecified atom stereocenters. The first-order valence-corrected chi connectivity index (χ1v) is 10.8. The van der Waals surface area contributed by atoms with Gasteiger partial charge >= 0.3 is 0 Å². The van der Waals surface area contributed by atoms with E-state index in [9.17, 15) is 4.79 Å². The molecule has 4 aromatic rings. The number of hydrogen-bond donors (Lipinski definition) is 1. The third-order valence-corrected chi connectivity index (χ3v) is 5.61. The molecule has 2 heterocycles. The van der Waals surface area contributed by atoms with E-state index in [1.54, 1.807) is 26.5 Å². The van der Waals surface area contributed by atoms with Crippen LogP contribution in [0, 0.1) is 0 Å². The van der Waals surface area contributed by atoms with Crippen LogP contribution in [-0.4, -0.2) is 40.6 Å². The summed E-state index contributed by atoms with van der Waals surface area (Å²) in [4.78, 5) is 12.5. The molecule has 0 aliphatic rings. The molecule has 1 N–H and O–H groups in total. The lowest BCUT2D eigenvalue weighted by Crippen LogP contribution is -2.14. The van der Waals surface area contributed by atoms with E-state index in [0.717, 1.165) is 17.1 Å². The number of benzene rings is 2. The lowest BCUT2D eigenvalue weighted by Gasteiger charge is -2.10. The molecule has 4 rings (SSSR count). The molecule has 0 saturated carbocycles. The van der Waals surface area contributed by atoms with E-state index in [2.05, 4.69) is 15.5 Å². The summed E-state index contributed by atoms with van der Waals surface area (Å²) in [6.07, 6.45) is 1.63. The van der Waals surface area contributed by atoms with E-state index in [-0.39, 0.29) is 11.7 Å². The van der Waals surface area contributed by atoms with Gasteiger partial charge in [0.25, 0.3) is 0 Å². The molecule has 0 atom stereocenters. The minimum atomic E-state index is -0.151. The second-order valence-corrected chi connectivity index (χ2v) is 7.71. The molecule has 2 aromatic carbocycles. The maximum absolute atomic E-state index is 12.5. The molecule has 0 bridgehead atoms. The van der Waals surface area contributed by atoms with Crippen LogP contribution in [0.4, 0.5) is 5.69 Å². The number of hydrogen-bond acceptors (Lipinski definition) is 7. The van der Waals surface area contributed by atoms with Crippen LogP contribution >= 0.6 is 11.8 Å². The second kappa shape index (κ2) is 10.1. The molecule has 0 radical (unpaired) electrons. The minimum Gasteiger partial charge on any atom is -0.497 e. The smallest absolute Gasteiger partial charge is 0.234 e. The van der Waals surface area contributed by atoms with E-state index < -0.39 is 0 Å². The van der Waals surface area contributed by atoms with E-state index in [1.807, 2.05) is 59.2 Å². The van der Waals surface area contributed by atoms with Crippen molar-refractivity contribution < 1.29 is 18.7 Å². The monoisotopic (exact) mass is 450 g/mol. The highest BCUT2D eigenvalue weighted by Gasteiger charge is 2.17. The lowest BCUT2D eigenvalue weighted by molar-refractivity contribution is -0.113. The van der Waals surface area contributed by atoms with E-state index in [0.29, 0.717) is 29.0 Å². The Labute approximate surface area is 189 Å². The van der Waals surface area contributed by atoms with Gasteiger partial charge in [-0.15, -0.1) is 10.2 Å². The van der Waals surface area contributed by atoms with E-state index >= 15 is 0 Å². The van der Waals surface area contributed by atoms with Crippen molar-refractivity contribution in [3.63, 3.8) is 0 Å². The summed E-state index contributed by atoms with van der Waals surface area (Å²) in [7, 11) is 3.21. The summed E-state index contributed by atoms with van der Waals surface area (Å²) < 4.78 is 17.9. The first-order chi connectivity index (χ1) is 15.7. The van der Waals surface area contributed by atoms with Crippen molar-refractivity contribution in [3.05, 3.63) is 72.7 Å². The molecular weight excluding hydrogens is 428 g/mol. The van der Waals surface area contributed by atoms with Gasteiger partial charge in [0, 0.05) is 17.3 Å². The van der Waals surface area contributed by atoms with Gasteiger partial charge < -0.3 is 19.2 Å². The highest BCUT2D eigenvalue weighted by atomic mass is 32.2. The van der Waals surface area contributed by atoms with Gasteiger partial charge in [-0.1, -0.05) is 17.8 Å². The summed E-state index contributed by atoms with van der Waals surface area (Å²) in [6.45, 7) is 0.446. The van der Waals surface area contributed by atoms with Crippen LogP contribution in [0.25, 0.3) is 11.4 Å². The zero-order valence-corrected chi connectivity index (χ0v) is 18.5. The molecule has 0 saturated heterocycles. The van der Waals surface area contributed by atoms with Crippen molar-refractivity contribution in [1.82, 2.24) is 14.8 Å². The summed E-state index contributed by atoms with van der Waals surface area (Å²) in [5.41, 5.74) is 1.56. The van der Waals surface area contributed by atoms with E-state index in [1.165, 1.54) is 11.8 Å². The number of nitrogens with zero attached hydrogens (tertiary/aromatic N) is 3. The number of rotatable bonds is 9. The maximum Gasteiger partial charge on any atom is 0.234 e. The Bertz CT molecular complexity index is 1170. The molecule has 0 spiro atoms. The first kappa shape index (κ1) is 21.5. The fourth-order valence-electron chi connectivity index (χ4n) is 3.08. The Kier molecular flexibility index (Phi) is 6.76. The zero-order valence-electron chi connectivity index (χ0n) is 17.6. The van der Waals surface area contributed by atoms with Gasteiger partial charge in [0.1, 0.15) is 17.3 Å². The van der Waals surface area contributed by atoms with Gasteiger partial charge in [0.2, 0.25) is 5.91 Å². The van der Waals surface area contributed by atoms with Crippen molar-refractivity contribution >= 4 is 23.4 Å². The topological polar surface area (TPSA) is 91.4 Å². The normalized spacial score (nSPS) is 10.7. The Morgan fingerprint density at radius 3 is 2.56 bits per heavy atom. The fraction of sp³-hybridized carbons (Fsp3) is 0.174. The Morgan fingerprint density at radius 1 is 1.03 bits per heavy atom. The predicted molar refractivity (Wildman–Crippen MR) is 122 cm³/mol. The molecule has 0 aliphatic carbocycles. The van der Waals surface area contributed by atoms with Crippen LogP contribution in [0.1, 0.15) is 5.76 Å². The highest BCUT2D eigenvalue weighted by molar-refractivity contribution is 7.99. The van der Waals surface area contributed by atoms with Gasteiger partial charge in [-0.2, -0.15) is 0 Å². The molecule has 1 amide bonds. The Hall–Kier alpha value is -3.72. The lowest BCUT2D eigenvalue weighted by atomic mass is 10.2. The van der Waals surface area contributed by atoms with Crippen LogP contribution in [0.3, 0.4) is 0 Å². The van der Waals surface area contributed by atoms with Crippen molar-refractivity contribution in [2.75, 3.05) is 25.3 Å². The molecule has 2 aromatic heterocycles. The van der Waals surface area contributed by atoms with E-state index in [4.69, 9.17) is 13.9 Å². The SMILES string of the molecule is COc1ccc(-c2nnc(SCC(=O)Nc3cccc(OC)c3)n2Cc2ccco2)cc1. The third-order valence-electron chi connectivity index (χ3n) is 4.64. The van der Waals surface area contributed by atoms with Crippen LogP contribution in [0.5, 0.6) is 11.5 Å². The molecule has 8 nitrogen and oxygen atoms in total. The fourth-order valence-corrected chi connectivity index (χ4v) is 3.82. The molecule has 0 fully saturated rings. The molecule has 32 heavy (non-hydrogen) atoms. The standard InChI is InChI=1S/C23H22N4O4S/c1-29-18-10-8-16(9-11-18)22-25-26-23(27(22)14-20-7-4-12-31-20)32-15-21(28)24-17-5-3-6-19(13-17)30-2/h3-13H,14-15H2,1-2H3,(H,24,28). The van der Waals surface area contributed by atoms with Crippen LogP contribution in [0.2, 0.25) is 0 Å². The average molecular weight is 451 g/mol. The highest BCUT2D eigenvalue weighted by Crippen LogP contribution is 2.27. The van der Waals surface area contributed by atoms with Crippen molar-refractivity contribution in [2.24, 2.45) is 0 Å². The number of amides is 1. The van der Waals surface area contributed by atoms with Crippen LogP contribution < -0.4 is 14.8 Å². The number of methoxy groups -OCH3 is 2. The maximum atomic E-state index is 12.5. The summed E-state index contributed by atoms with van der Waals surface area (Å²) in [6, 6.07) is 18.5. The van der Waals surface area contributed by atoms with Gasteiger partial charge in [0.05, 0.1) is 32.8 Å². The van der Waals surface area contributed by atoms with Gasteiger partial charge in [0.15, 0.2) is 11.0 Å². The number of carbonyl (C=O) groups excluding carboxylic acids is 1. The Morgan fingerprint density at radius 2 is 1.84 bits per heavy atom. The largest absolute Gasteiger partial charge is 0.497 e. The average Bonchev–Trinajstić information content (AvgIpc) is 3.48. The Balaban J connectivity index is 1.52. The summed E-state index contributed by atoms with van der Waals surface area (Å²) >= 11 is 1.31.